The zero-order valence-electron chi connectivity index (χ0n) is 10.9. The molecule has 0 atom stereocenters. The normalized spacial score (nSPS) is 14.2. The quantitative estimate of drug-likeness (QED) is 0.886. The van der Waals surface area contributed by atoms with Crippen molar-refractivity contribution in [3.05, 3.63) is 52.6 Å². The van der Waals surface area contributed by atoms with Crippen LogP contribution in [0.15, 0.2) is 40.0 Å². The molecule has 1 amide bonds. The summed E-state index contributed by atoms with van der Waals surface area (Å²) < 4.78 is 6.47. The third-order valence-electron chi connectivity index (χ3n) is 3.28. The summed E-state index contributed by atoms with van der Waals surface area (Å²) in [5.74, 6) is 0.446. The summed E-state index contributed by atoms with van der Waals surface area (Å²) in [5, 5.41) is 2.69. The minimum Gasteiger partial charge on any atom is -0.459 e. The number of furan rings is 1. The van der Waals surface area contributed by atoms with Crippen molar-refractivity contribution in [1.29, 1.82) is 0 Å². The molecular weight excluding hydrogens is 258 g/mol. The van der Waals surface area contributed by atoms with Crippen molar-refractivity contribution in [3.63, 3.8) is 0 Å². The van der Waals surface area contributed by atoms with Gasteiger partial charge >= 0.3 is 0 Å². The number of hydrogen-bond acceptors (Lipinski definition) is 4. The Hall–Kier alpha value is -2.37. The van der Waals surface area contributed by atoms with Crippen LogP contribution in [0.3, 0.4) is 0 Å². The van der Waals surface area contributed by atoms with Crippen LogP contribution in [0.5, 0.6) is 0 Å². The molecule has 1 fully saturated rings. The molecule has 104 valence electrons. The average Bonchev–Trinajstić information content (AvgIpc) is 3.15. The van der Waals surface area contributed by atoms with Gasteiger partial charge in [0.2, 0.25) is 0 Å². The van der Waals surface area contributed by atoms with Gasteiger partial charge in [0, 0.05) is 25.1 Å². The molecule has 2 heterocycles. The van der Waals surface area contributed by atoms with Crippen molar-refractivity contribution in [3.8, 4) is 0 Å². The lowest BCUT2D eigenvalue weighted by molar-refractivity contribution is 0.0924. The first-order valence-corrected chi connectivity index (χ1v) is 6.62. The van der Waals surface area contributed by atoms with E-state index < -0.39 is 0 Å². The van der Waals surface area contributed by atoms with Crippen molar-refractivity contribution in [1.82, 2.24) is 14.9 Å². The summed E-state index contributed by atoms with van der Waals surface area (Å²) in [5.41, 5.74) is 0.806. The van der Waals surface area contributed by atoms with Gasteiger partial charge in [0.25, 0.3) is 11.5 Å². The van der Waals surface area contributed by atoms with Crippen LogP contribution in [0.1, 0.15) is 35.0 Å². The maximum absolute atomic E-state index is 11.9. The Morgan fingerprint density at radius 3 is 3.00 bits per heavy atom. The highest BCUT2D eigenvalue weighted by Crippen LogP contribution is 2.38. The van der Waals surface area contributed by atoms with E-state index in [9.17, 15) is 9.59 Å². The maximum atomic E-state index is 11.9. The van der Waals surface area contributed by atoms with Gasteiger partial charge in [-0.1, -0.05) is 0 Å². The molecule has 1 saturated carbocycles. The monoisotopic (exact) mass is 273 g/mol. The smallest absolute Gasteiger partial charge is 0.287 e. The topological polar surface area (TPSA) is 77.1 Å². The Morgan fingerprint density at radius 2 is 2.35 bits per heavy atom. The van der Waals surface area contributed by atoms with Gasteiger partial charge in [0.1, 0.15) is 0 Å². The molecule has 20 heavy (non-hydrogen) atoms. The number of amides is 1. The van der Waals surface area contributed by atoms with E-state index in [1.807, 2.05) is 0 Å². The van der Waals surface area contributed by atoms with E-state index in [2.05, 4.69) is 10.3 Å². The SMILES string of the molecule is O=C(NCCn1cnc(C2CC2)cc1=O)c1ccco1. The summed E-state index contributed by atoms with van der Waals surface area (Å²) in [4.78, 5) is 27.8. The average molecular weight is 273 g/mol. The molecule has 1 aliphatic carbocycles. The van der Waals surface area contributed by atoms with Gasteiger partial charge < -0.3 is 9.73 Å². The molecule has 0 aromatic carbocycles. The first kappa shape index (κ1) is 12.7. The molecule has 6 heteroatoms. The van der Waals surface area contributed by atoms with E-state index in [-0.39, 0.29) is 17.2 Å². The second-order valence-electron chi connectivity index (χ2n) is 4.85. The highest BCUT2D eigenvalue weighted by atomic mass is 16.3. The highest BCUT2D eigenvalue weighted by molar-refractivity contribution is 5.91. The summed E-state index contributed by atoms with van der Waals surface area (Å²) in [7, 11) is 0. The first-order valence-electron chi connectivity index (χ1n) is 6.62. The number of aromatic nitrogens is 2. The molecule has 0 saturated heterocycles. The number of hydrogen-bond donors (Lipinski definition) is 1. The molecule has 2 aromatic heterocycles. The summed E-state index contributed by atoms with van der Waals surface area (Å²) in [6, 6.07) is 4.83. The van der Waals surface area contributed by atoms with Crippen LogP contribution in [-0.4, -0.2) is 22.0 Å². The predicted octanol–water partition coefficient (Wildman–Crippen LogP) is 1.14. The molecule has 3 rings (SSSR count). The third-order valence-corrected chi connectivity index (χ3v) is 3.28. The van der Waals surface area contributed by atoms with Crippen molar-refractivity contribution < 1.29 is 9.21 Å². The molecule has 0 radical (unpaired) electrons. The van der Waals surface area contributed by atoms with Crippen molar-refractivity contribution in [2.45, 2.75) is 25.3 Å². The minimum atomic E-state index is -0.286. The van der Waals surface area contributed by atoms with Gasteiger partial charge in [-0.25, -0.2) is 4.98 Å². The van der Waals surface area contributed by atoms with Gasteiger partial charge in [-0.3, -0.25) is 14.2 Å². The van der Waals surface area contributed by atoms with E-state index in [1.54, 1.807) is 24.5 Å². The van der Waals surface area contributed by atoms with Gasteiger partial charge in [-0.2, -0.15) is 0 Å². The van der Waals surface area contributed by atoms with E-state index in [0.29, 0.717) is 19.0 Å². The Balaban J connectivity index is 1.56. The van der Waals surface area contributed by atoms with Crippen LogP contribution < -0.4 is 10.9 Å². The van der Waals surface area contributed by atoms with Crippen molar-refractivity contribution >= 4 is 5.91 Å². The molecule has 1 N–H and O–H groups in total. The van der Waals surface area contributed by atoms with Crippen molar-refractivity contribution in [2.24, 2.45) is 0 Å². The molecule has 0 aliphatic heterocycles. The van der Waals surface area contributed by atoms with E-state index in [1.165, 1.54) is 10.8 Å². The lowest BCUT2D eigenvalue weighted by Gasteiger charge is -2.06. The fourth-order valence-corrected chi connectivity index (χ4v) is 1.99. The number of nitrogens with one attached hydrogen (secondary N) is 1. The van der Waals surface area contributed by atoms with Gasteiger partial charge in [0.05, 0.1) is 18.3 Å². The zero-order chi connectivity index (χ0) is 13.9. The highest BCUT2D eigenvalue weighted by Gasteiger charge is 2.25. The number of carbonyl (C=O) groups is 1. The van der Waals surface area contributed by atoms with Crippen LogP contribution in [0, 0.1) is 0 Å². The van der Waals surface area contributed by atoms with Crippen LogP contribution in [0.2, 0.25) is 0 Å². The molecule has 6 nitrogen and oxygen atoms in total. The van der Waals surface area contributed by atoms with Gasteiger partial charge in [0.15, 0.2) is 5.76 Å². The Labute approximate surface area is 115 Å². The molecule has 1 aliphatic rings. The minimum absolute atomic E-state index is 0.0749. The molecular formula is C14H15N3O3. The lowest BCUT2D eigenvalue weighted by atomic mass is 10.3. The van der Waals surface area contributed by atoms with E-state index >= 15 is 0 Å². The molecule has 0 unspecified atom stereocenters. The summed E-state index contributed by atoms with van der Waals surface area (Å²) in [6.07, 6.45) is 5.24. The predicted molar refractivity (Wildman–Crippen MR) is 71.5 cm³/mol. The number of carbonyl (C=O) groups excluding carboxylic acids is 1. The largest absolute Gasteiger partial charge is 0.459 e. The van der Waals surface area contributed by atoms with Gasteiger partial charge in [-0.05, 0) is 25.0 Å². The van der Waals surface area contributed by atoms with Crippen LogP contribution in [0.25, 0.3) is 0 Å². The first-order chi connectivity index (χ1) is 9.74. The van der Waals surface area contributed by atoms with E-state index in [4.69, 9.17) is 4.42 Å². The summed E-state index contributed by atoms with van der Waals surface area (Å²) in [6.45, 7) is 0.743. The summed E-state index contributed by atoms with van der Waals surface area (Å²) >= 11 is 0. The van der Waals surface area contributed by atoms with Crippen LogP contribution in [0.4, 0.5) is 0 Å². The van der Waals surface area contributed by atoms with Gasteiger partial charge in [-0.15, -0.1) is 0 Å². The number of nitrogens with zero attached hydrogens (tertiary/aromatic N) is 2. The maximum Gasteiger partial charge on any atom is 0.287 e. The third kappa shape index (κ3) is 2.79. The van der Waals surface area contributed by atoms with Crippen LogP contribution in [-0.2, 0) is 6.54 Å². The molecule has 0 spiro atoms. The zero-order valence-corrected chi connectivity index (χ0v) is 10.9. The fourth-order valence-electron chi connectivity index (χ4n) is 1.99. The Bertz CT molecular complexity index is 657. The second-order valence-corrected chi connectivity index (χ2v) is 4.85. The molecule has 0 bridgehead atoms. The Kier molecular flexibility index (Phi) is 3.37. The van der Waals surface area contributed by atoms with E-state index in [0.717, 1.165) is 18.5 Å². The van der Waals surface area contributed by atoms with Crippen LogP contribution >= 0.6 is 0 Å². The fraction of sp³-hybridized carbons (Fsp3) is 0.357. The number of rotatable bonds is 5. The lowest BCUT2D eigenvalue weighted by Crippen LogP contribution is -2.30. The second kappa shape index (κ2) is 5.32. The standard InChI is InChI=1S/C14H15N3O3/c18-13-8-11(10-3-4-10)16-9-17(13)6-5-15-14(19)12-2-1-7-20-12/h1-2,7-10H,3-6H2,(H,15,19). The Morgan fingerprint density at radius 1 is 1.50 bits per heavy atom. The van der Waals surface area contributed by atoms with Crippen molar-refractivity contribution in [2.75, 3.05) is 6.54 Å². The molecule has 2 aromatic rings.